The summed E-state index contributed by atoms with van der Waals surface area (Å²) in [5, 5.41) is 4.95. The number of nitrogens with one attached hydrogen (secondary N) is 2. The molecule has 0 spiro atoms. The summed E-state index contributed by atoms with van der Waals surface area (Å²) in [6.45, 7) is 15.3. The quantitative estimate of drug-likeness (QED) is 0.577. The van der Waals surface area contributed by atoms with E-state index in [1.807, 2.05) is 0 Å². The molecule has 1 atom stereocenters. The molecule has 0 radical (unpaired) electrons. The van der Waals surface area contributed by atoms with Crippen LogP contribution in [0.15, 0.2) is 0 Å². The number of alkyl carbamates (subject to hydrolysis) is 2. The minimum absolute atomic E-state index is 0.0623. The Labute approximate surface area is 150 Å². The molecule has 0 aromatic carbocycles. The van der Waals surface area contributed by atoms with Crippen LogP contribution in [0.4, 0.5) is 9.59 Å². The van der Waals surface area contributed by atoms with Crippen molar-refractivity contribution >= 4 is 18.2 Å². The molecule has 2 amide bonds. The van der Waals surface area contributed by atoms with Gasteiger partial charge in [-0.25, -0.2) is 14.4 Å². The van der Waals surface area contributed by atoms with Gasteiger partial charge in [-0.1, -0.05) is 0 Å². The number of ether oxygens (including phenoxy) is 3. The second-order valence-electron chi connectivity index (χ2n) is 8.40. The van der Waals surface area contributed by atoms with Crippen molar-refractivity contribution in [2.24, 2.45) is 0 Å². The Bertz CT molecular complexity index is 488. The van der Waals surface area contributed by atoms with Crippen LogP contribution in [0.5, 0.6) is 0 Å². The average molecular weight is 360 g/mol. The van der Waals surface area contributed by atoms with Crippen LogP contribution in [0.3, 0.4) is 0 Å². The number of rotatable bonds is 5. The van der Waals surface area contributed by atoms with E-state index in [1.165, 1.54) is 6.92 Å². The zero-order valence-electron chi connectivity index (χ0n) is 16.7. The van der Waals surface area contributed by atoms with E-state index in [9.17, 15) is 14.4 Å². The standard InChI is InChI=1S/C17H32N2O6/c1-11(19-14(22)25-16(5,6)7)12(20)23-17(8,9)10-18-13(21)24-15(2,3)4/h11H,10H2,1-9H3,(H,18,21)(H,19,22)/t11-/m0/s1. The molecule has 0 unspecified atom stereocenters. The van der Waals surface area contributed by atoms with Crippen LogP contribution >= 0.6 is 0 Å². The van der Waals surface area contributed by atoms with Gasteiger partial charge in [0.15, 0.2) is 0 Å². The highest BCUT2D eigenvalue weighted by atomic mass is 16.6. The lowest BCUT2D eigenvalue weighted by Crippen LogP contribution is -2.48. The van der Waals surface area contributed by atoms with E-state index in [4.69, 9.17) is 14.2 Å². The molecule has 0 heterocycles. The van der Waals surface area contributed by atoms with Gasteiger partial charge in [0, 0.05) is 0 Å². The summed E-state index contributed by atoms with van der Waals surface area (Å²) in [5.41, 5.74) is -2.25. The Morgan fingerprint density at radius 2 is 1.24 bits per heavy atom. The van der Waals surface area contributed by atoms with Gasteiger partial charge in [-0.3, -0.25) is 0 Å². The van der Waals surface area contributed by atoms with Crippen LogP contribution in [-0.4, -0.2) is 47.5 Å². The highest BCUT2D eigenvalue weighted by Gasteiger charge is 2.29. The van der Waals surface area contributed by atoms with Crippen LogP contribution in [0.25, 0.3) is 0 Å². The summed E-state index contributed by atoms with van der Waals surface area (Å²) in [6.07, 6.45) is -1.31. The molecule has 0 saturated heterocycles. The average Bonchev–Trinajstić information content (AvgIpc) is 2.31. The highest BCUT2D eigenvalue weighted by Crippen LogP contribution is 2.12. The summed E-state index contributed by atoms with van der Waals surface area (Å²) in [5.74, 6) is -0.637. The SMILES string of the molecule is C[C@H](NC(=O)OC(C)(C)C)C(=O)OC(C)(C)CNC(=O)OC(C)(C)C. The van der Waals surface area contributed by atoms with E-state index in [2.05, 4.69) is 10.6 Å². The van der Waals surface area contributed by atoms with Crippen molar-refractivity contribution in [2.45, 2.75) is 85.2 Å². The first kappa shape index (κ1) is 23.0. The van der Waals surface area contributed by atoms with Crippen molar-refractivity contribution in [1.82, 2.24) is 10.6 Å². The van der Waals surface area contributed by atoms with Crippen LogP contribution in [-0.2, 0) is 19.0 Å². The normalized spacial score (nSPS) is 13.5. The Morgan fingerprint density at radius 3 is 1.68 bits per heavy atom. The minimum atomic E-state index is -0.974. The maximum Gasteiger partial charge on any atom is 0.408 e. The number of esters is 1. The summed E-state index contributed by atoms with van der Waals surface area (Å²) in [4.78, 5) is 35.4. The van der Waals surface area contributed by atoms with Gasteiger partial charge in [0.2, 0.25) is 0 Å². The number of hydrogen-bond donors (Lipinski definition) is 2. The lowest BCUT2D eigenvalue weighted by atomic mass is 10.1. The smallest absolute Gasteiger partial charge is 0.408 e. The molecular formula is C17H32N2O6. The van der Waals surface area contributed by atoms with E-state index in [-0.39, 0.29) is 6.54 Å². The van der Waals surface area contributed by atoms with Crippen molar-refractivity contribution in [3.63, 3.8) is 0 Å². The number of carbonyl (C=O) groups excluding carboxylic acids is 3. The van der Waals surface area contributed by atoms with Gasteiger partial charge in [-0.15, -0.1) is 0 Å². The Hall–Kier alpha value is -1.99. The molecule has 2 N–H and O–H groups in total. The van der Waals surface area contributed by atoms with E-state index in [0.29, 0.717) is 0 Å². The first-order valence-electron chi connectivity index (χ1n) is 8.20. The third-order valence-electron chi connectivity index (χ3n) is 2.52. The molecule has 0 rings (SSSR count). The minimum Gasteiger partial charge on any atom is -0.456 e. The van der Waals surface area contributed by atoms with Crippen molar-refractivity contribution in [2.75, 3.05) is 6.54 Å². The lowest BCUT2D eigenvalue weighted by Gasteiger charge is -2.28. The molecule has 0 aliphatic rings. The van der Waals surface area contributed by atoms with Gasteiger partial charge in [-0.05, 0) is 62.3 Å². The van der Waals surface area contributed by atoms with Crippen LogP contribution < -0.4 is 10.6 Å². The third-order valence-corrected chi connectivity index (χ3v) is 2.52. The van der Waals surface area contributed by atoms with Crippen LogP contribution in [0, 0.1) is 0 Å². The lowest BCUT2D eigenvalue weighted by molar-refractivity contribution is -0.158. The molecule has 0 fully saturated rings. The molecule has 25 heavy (non-hydrogen) atoms. The fraction of sp³-hybridized carbons (Fsp3) is 0.824. The van der Waals surface area contributed by atoms with Crippen LogP contribution in [0.1, 0.15) is 62.3 Å². The maximum absolute atomic E-state index is 12.1. The van der Waals surface area contributed by atoms with Gasteiger partial charge in [0.1, 0.15) is 22.8 Å². The molecule has 0 saturated carbocycles. The number of hydrogen-bond acceptors (Lipinski definition) is 6. The van der Waals surface area contributed by atoms with E-state index in [0.717, 1.165) is 0 Å². The summed E-state index contributed by atoms with van der Waals surface area (Å²) < 4.78 is 15.5. The molecule has 0 aliphatic carbocycles. The first-order chi connectivity index (χ1) is 11.0. The third kappa shape index (κ3) is 12.1. The van der Waals surface area contributed by atoms with Gasteiger partial charge < -0.3 is 24.8 Å². The van der Waals surface area contributed by atoms with Gasteiger partial charge in [-0.2, -0.15) is 0 Å². The van der Waals surface area contributed by atoms with Crippen molar-refractivity contribution in [1.29, 1.82) is 0 Å². The molecule has 8 nitrogen and oxygen atoms in total. The van der Waals surface area contributed by atoms with Crippen molar-refractivity contribution in [3.05, 3.63) is 0 Å². The molecule has 0 bridgehead atoms. The molecule has 146 valence electrons. The molecule has 8 heteroatoms. The summed E-state index contributed by atoms with van der Waals surface area (Å²) in [7, 11) is 0. The fourth-order valence-corrected chi connectivity index (χ4v) is 1.54. The van der Waals surface area contributed by atoms with Gasteiger partial charge >= 0.3 is 18.2 Å². The number of carbonyl (C=O) groups is 3. The van der Waals surface area contributed by atoms with Crippen molar-refractivity contribution in [3.8, 4) is 0 Å². The van der Waals surface area contributed by atoms with E-state index >= 15 is 0 Å². The van der Waals surface area contributed by atoms with Crippen molar-refractivity contribution < 1.29 is 28.6 Å². The number of amides is 2. The van der Waals surface area contributed by atoms with E-state index in [1.54, 1.807) is 55.4 Å². The monoisotopic (exact) mass is 360 g/mol. The largest absolute Gasteiger partial charge is 0.456 e. The highest BCUT2D eigenvalue weighted by molar-refractivity contribution is 5.81. The zero-order valence-corrected chi connectivity index (χ0v) is 16.7. The van der Waals surface area contributed by atoms with Gasteiger partial charge in [0.05, 0.1) is 6.54 Å². The Morgan fingerprint density at radius 1 is 0.800 bits per heavy atom. The first-order valence-corrected chi connectivity index (χ1v) is 8.20. The molecule has 0 aromatic heterocycles. The topological polar surface area (TPSA) is 103 Å². The second-order valence-corrected chi connectivity index (χ2v) is 8.40. The summed E-state index contributed by atoms with van der Waals surface area (Å²) >= 11 is 0. The molecule has 0 aliphatic heterocycles. The fourth-order valence-electron chi connectivity index (χ4n) is 1.54. The Kier molecular flexibility index (Phi) is 7.73. The van der Waals surface area contributed by atoms with Crippen LogP contribution in [0.2, 0.25) is 0 Å². The zero-order chi connectivity index (χ0) is 20.1. The summed E-state index contributed by atoms with van der Waals surface area (Å²) in [6, 6.07) is -0.893. The predicted octanol–water partition coefficient (Wildman–Crippen LogP) is 2.75. The second kappa shape index (κ2) is 8.40. The Balaban J connectivity index is 4.46. The molecule has 0 aromatic rings. The molecular weight excluding hydrogens is 328 g/mol. The maximum atomic E-state index is 12.1. The van der Waals surface area contributed by atoms with E-state index < -0.39 is 41.0 Å². The predicted molar refractivity (Wildman–Crippen MR) is 93.2 cm³/mol. The van der Waals surface area contributed by atoms with Gasteiger partial charge in [0.25, 0.3) is 0 Å².